The Morgan fingerprint density at radius 1 is 1.00 bits per heavy atom. The van der Waals surface area contributed by atoms with Crippen molar-refractivity contribution in [1.82, 2.24) is 5.32 Å². The molecular weight excluding hydrogens is 326 g/mol. The van der Waals surface area contributed by atoms with Crippen molar-refractivity contribution in [2.45, 2.75) is 78.4 Å². The highest BCUT2D eigenvalue weighted by molar-refractivity contribution is 5.91. The van der Waals surface area contributed by atoms with Crippen LogP contribution in [0.5, 0.6) is 0 Å². The third-order valence-electron chi connectivity index (χ3n) is 3.44. The maximum Gasteiger partial charge on any atom is 0.309 e. The second kappa shape index (κ2) is 10.8. The summed E-state index contributed by atoms with van der Waals surface area (Å²) in [6, 6.07) is -0.669. The van der Waals surface area contributed by atoms with E-state index >= 15 is 0 Å². The van der Waals surface area contributed by atoms with Gasteiger partial charge in [0.15, 0.2) is 5.78 Å². The van der Waals surface area contributed by atoms with Gasteiger partial charge in [-0.3, -0.25) is 19.2 Å². The maximum absolute atomic E-state index is 12.1. The van der Waals surface area contributed by atoms with Crippen molar-refractivity contribution >= 4 is 23.6 Å². The molecule has 0 radical (unpaired) electrons. The zero-order chi connectivity index (χ0) is 19.6. The summed E-state index contributed by atoms with van der Waals surface area (Å²) in [6.07, 6.45) is 1.61. The summed E-state index contributed by atoms with van der Waals surface area (Å²) in [5, 5.41) is 2.62. The Balaban J connectivity index is 4.18. The predicted molar refractivity (Wildman–Crippen MR) is 92.7 cm³/mol. The molecule has 0 rings (SSSR count). The largest absolute Gasteiger partial charge is 0.469 e. The molecule has 0 aromatic rings. The molecule has 0 unspecified atom stereocenters. The first-order valence-electron chi connectivity index (χ1n) is 8.58. The van der Waals surface area contributed by atoms with Gasteiger partial charge in [0.25, 0.3) is 0 Å². The molecule has 0 heterocycles. The zero-order valence-corrected chi connectivity index (χ0v) is 16.1. The monoisotopic (exact) mass is 357 g/mol. The van der Waals surface area contributed by atoms with Crippen molar-refractivity contribution < 1.29 is 28.7 Å². The molecule has 0 aromatic heterocycles. The number of ether oxygens (including phenoxy) is 2. The molecule has 7 nitrogen and oxygen atoms in total. The lowest BCUT2D eigenvalue weighted by Crippen LogP contribution is -2.40. The van der Waals surface area contributed by atoms with E-state index in [-0.39, 0.29) is 36.9 Å². The second-order valence-corrected chi connectivity index (χ2v) is 7.18. The minimum absolute atomic E-state index is 0.0126. The van der Waals surface area contributed by atoms with E-state index in [9.17, 15) is 19.2 Å². The van der Waals surface area contributed by atoms with Gasteiger partial charge in [-0.1, -0.05) is 6.92 Å². The van der Waals surface area contributed by atoms with Crippen LogP contribution in [0.15, 0.2) is 0 Å². The van der Waals surface area contributed by atoms with Gasteiger partial charge in [-0.25, -0.2) is 0 Å². The van der Waals surface area contributed by atoms with Crippen LogP contribution in [0.4, 0.5) is 0 Å². The van der Waals surface area contributed by atoms with E-state index in [1.807, 2.05) is 0 Å². The Kier molecular flexibility index (Phi) is 10.0. The Bertz CT molecular complexity index is 480. The summed E-state index contributed by atoms with van der Waals surface area (Å²) in [7, 11) is 1.32. The first-order valence-corrected chi connectivity index (χ1v) is 8.58. The second-order valence-electron chi connectivity index (χ2n) is 7.18. The lowest BCUT2D eigenvalue weighted by Gasteiger charge is -2.22. The van der Waals surface area contributed by atoms with Crippen molar-refractivity contribution in [2.75, 3.05) is 7.11 Å². The number of rotatable bonds is 10. The molecule has 144 valence electrons. The number of Topliss-reactive ketones (excluding diaryl/α,β-unsaturated/α-hetero) is 1. The van der Waals surface area contributed by atoms with Crippen molar-refractivity contribution in [3.8, 4) is 0 Å². The van der Waals surface area contributed by atoms with Gasteiger partial charge in [0.1, 0.15) is 5.60 Å². The quantitative estimate of drug-likeness (QED) is 0.475. The Hall–Kier alpha value is -1.92. The molecular formula is C18H31NO6. The third-order valence-corrected chi connectivity index (χ3v) is 3.44. The van der Waals surface area contributed by atoms with Gasteiger partial charge in [0.2, 0.25) is 5.91 Å². The first-order chi connectivity index (χ1) is 11.5. The number of nitrogens with one attached hydrogen (secondary N) is 1. The molecule has 0 saturated heterocycles. The molecule has 0 fully saturated rings. The van der Waals surface area contributed by atoms with Crippen LogP contribution in [0.1, 0.15) is 66.7 Å². The molecule has 1 amide bonds. The highest BCUT2D eigenvalue weighted by Crippen LogP contribution is 2.14. The molecule has 0 aromatic carbocycles. The minimum atomic E-state index is -0.669. The van der Waals surface area contributed by atoms with Crippen LogP contribution in [0.3, 0.4) is 0 Å². The number of hydrogen-bond acceptors (Lipinski definition) is 6. The van der Waals surface area contributed by atoms with Crippen molar-refractivity contribution in [1.29, 1.82) is 0 Å². The van der Waals surface area contributed by atoms with Crippen LogP contribution < -0.4 is 5.32 Å². The number of carbonyl (C=O) groups is 4. The molecule has 2 atom stereocenters. The van der Waals surface area contributed by atoms with E-state index in [0.717, 1.165) is 0 Å². The van der Waals surface area contributed by atoms with E-state index in [1.165, 1.54) is 7.11 Å². The number of esters is 2. The molecule has 0 aliphatic carbocycles. The van der Waals surface area contributed by atoms with Gasteiger partial charge < -0.3 is 14.8 Å². The van der Waals surface area contributed by atoms with Gasteiger partial charge in [0.05, 0.1) is 19.1 Å². The van der Waals surface area contributed by atoms with Gasteiger partial charge in [-0.05, 0) is 40.5 Å². The van der Waals surface area contributed by atoms with Crippen LogP contribution in [0.25, 0.3) is 0 Å². The molecule has 0 aliphatic heterocycles. The van der Waals surface area contributed by atoms with Gasteiger partial charge in [-0.2, -0.15) is 0 Å². The fourth-order valence-corrected chi connectivity index (χ4v) is 2.02. The molecule has 25 heavy (non-hydrogen) atoms. The van der Waals surface area contributed by atoms with E-state index < -0.39 is 23.5 Å². The summed E-state index contributed by atoms with van der Waals surface area (Å²) in [5.41, 5.74) is -0.599. The average molecular weight is 357 g/mol. The summed E-state index contributed by atoms with van der Waals surface area (Å²) in [6.45, 7) is 8.53. The molecule has 7 heteroatoms. The molecule has 0 aliphatic rings. The summed E-state index contributed by atoms with van der Waals surface area (Å²) >= 11 is 0. The van der Waals surface area contributed by atoms with Crippen molar-refractivity contribution in [2.24, 2.45) is 5.92 Å². The zero-order valence-electron chi connectivity index (χ0n) is 16.1. The van der Waals surface area contributed by atoms with Gasteiger partial charge in [-0.15, -0.1) is 0 Å². The third kappa shape index (κ3) is 11.3. The molecule has 0 bridgehead atoms. The topological polar surface area (TPSA) is 98.8 Å². The number of amides is 1. The maximum atomic E-state index is 12.1. The van der Waals surface area contributed by atoms with Crippen molar-refractivity contribution in [3.63, 3.8) is 0 Å². The van der Waals surface area contributed by atoms with Crippen LogP contribution in [0.2, 0.25) is 0 Å². The Morgan fingerprint density at radius 3 is 2.08 bits per heavy atom. The van der Waals surface area contributed by atoms with E-state index in [1.54, 1.807) is 34.6 Å². The summed E-state index contributed by atoms with van der Waals surface area (Å²) in [5.74, 6) is -1.77. The Labute approximate surface area is 149 Å². The highest BCUT2D eigenvalue weighted by atomic mass is 16.6. The van der Waals surface area contributed by atoms with Gasteiger partial charge >= 0.3 is 11.9 Å². The van der Waals surface area contributed by atoms with E-state index in [4.69, 9.17) is 4.74 Å². The lowest BCUT2D eigenvalue weighted by molar-refractivity contribution is -0.160. The molecule has 0 saturated carbocycles. The van der Waals surface area contributed by atoms with Crippen LogP contribution in [0, 0.1) is 5.92 Å². The first kappa shape index (κ1) is 23.1. The minimum Gasteiger partial charge on any atom is -0.469 e. The van der Waals surface area contributed by atoms with Crippen molar-refractivity contribution in [3.05, 3.63) is 0 Å². The number of methoxy groups -OCH3 is 1. The van der Waals surface area contributed by atoms with Crippen LogP contribution in [-0.2, 0) is 28.7 Å². The van der Waals surface area contributed by atoms with Gasteiger partial charge in [0, 0.05) is 19.3 Å². The Morgan fingerprint density at radius 2 is 1.56 bits per heavy atom. The number of unbranched alkanes of at least 4 members (excludes halogenated alkanes) is 1. The average Bonchev–Trinajstić information content (AvgIpc) is 2.49. The highest BCUT2D eigenvalue weighted by Gasteiger charge is 2.26. The number of carbonyl (C=O) groups excluding carboxylic acids is 4. The number of ketones is 1. The molecule has 0 spiro atoms. The fraction of sp³-hybridized carbons (Fsp3) is 0.778. The summed E-state index contributed by atoms with van der Waals surface area (Å²) in [4.78, 5) is 46.8. The van der Waals surface area contributed by atoms with E-state index in [2.05, 4.69) is 10.1 Å². The van der Waals surface area contributed by atoms with E-state index in [0.29, 0.717) is 12.8 Å². The molecule has 1 N–H and O–H groups in total. The fourth-order valence-electron chi connectivity index (χ4n) is 2.02. The van der Waals surface area contributed by atoms with Crippen LogP contribution in [-0.4, -0.2) is 42.4 Å². The summed E-state index contributed by atoms with van der Waals surface area (Å²) < 4.78 is 9.76. The van der Waals surface area contributed by atoms with Crippen LogP contribution >= 0.6 is 0 Å². The predicted octanol–water partition coefficient (Wildman–Crippen LogP) is 2.16. The normalized spacial score (nSPS) is 13.5. The lowest BCUT2D eigenvalue weighted by atomic mass is 10.0. The SMILES string of the molecule is COC(=O)CCCCC(=O)N[C@@H](C)C(=O)C[C@@H](C)C(=O)OC(C)(C)C. The number of hydrogen-bond donors (Lipinski definition) is 1. The smallest absolute Gasteiger partial charge is 0.309 e. The standard InChI is InChI=1S/C18H31NO6/c1-12(17(23)25-18(3,4)5)11-14(20)13(2)19-15(21)9-7-8-10-16(22)24-6/h12-13H,7-11H2,1-6H3,(H,19,21)/t12-,13+/m1/s1.